The summed E-state index contributed by atoms with van der Waals surface area (Å²) in [5.74, 6) is 0.483. The Kier molecular flexibility index (Phi) is 9.40. The zero-order chi connectivity index (χ0) is 21.3. The average Bonchev–Trinajstić information content (AvgIpc) is 2.74. The van der Waals surface area contributed by atoms with Crippen LogP contribution < -0.4 is 4.74 Å². The van der Waals surface area contributed by atoms with Crippen molar-refractivity contribution in [2.24, 2.45) is 0 Å². The molecule has 158 valence electrons. The molecule has 1 atom stereocenters. The number of esters is 1. The molecule has 29 heavy (non-hydrogen) atoms. The van der Waals surface area contributed by atoms with Gasteiger partial charge in [-0.05, 0) is 59.6 Å². The summed E-state index contributed by atoms with van der Waals surface area (Å²) < 4.78 is 5.56. The van der Waals surface area contributed by atoms with Crippen LogP contribution in [0.3, 0.4) is 0 Å². The van der Waals surface area contributed by atoms with Crippen LogP contribution in [0.2, 0.25) is 0 Å². The fourth-order valence-electron chi connectivity index (χ4n) is 4.21. The minimum atomic E-state index is -0.572. The van der Waals surface area contributed by atoms with Crippen LogP contribution in [0, 0.1) is 0 Å². The van der Waals surface area contributed by atoms with Gasteiger partial charge in [0.05, 0.1) is 6.42 Å². The van der Waals surface area contributed by atoms with Crippen LogP contribution in [-0.2, 0) is 16.6 Å². The summed E-state index contributed by atoms with van der Waals surface area (Å²) in [5, 5.41) is 10.9. The topological polar surface area (TPSA) is 59.4 Å². The standard InChI is InChI=1S/C23H29NO3.CH3I/c1-3-5-6-7-8-9-17-14-19(25)22-20(15-17)27-21(26)16-23(22,4-2)18-10-12-24-13-11-18;1-2/h10-15,25H,3-9,16H2,1-2H3;1H3. The molecule has 2 aromatic rings. The van der Waals surface area contributed by atoms with Crippen molar-refractivity contribution in [3.63, 3.8) is 0 Å². The Labute approximate surface area is 188 Å². The number of aromatic nitrogens is 1. The lowest BCUT2D eigenvalue weighted by molar-refractivity contribution is -0.137. The summed E-state index contributed by atoms with van der Waals surface area (Å²) in [6.07, 6.45) is 11.3. The summed E-state index contributed by atoms with van der Waals surface area (Å²) in [6.45, 7) is 4.25. The summed E-state index contributed by atoms with van der Waals surface area (Å²) in [4.78, 5) is 18.5. The summed E-state index contributed by atoms with van der Waals surface area (Å²) in [6, 6.07) is 7.64. The van der Waals surface area contributed by atoms with Crippen LogP contribution in [0.4, 0.5) is 0 Å². The molecule has 1 aliphatic rings. The molecule has 2 heterocycles. The van der Waals surface area contributed by atoms with Gasteiger partial charge in [-0.25, -0.2) is 0 Å². The van der Waals surface area contributed by atoms with Crippen molar-refractivity contribution in [3.8, 4) is 11.5 Å². The van der Waals surface area contributed by atoms with Crippen LogP contribution in [0.1, 0.15) is 75.5 Å². The Morgan fingerprint density at radius 2 is 1.79 bits per heavy atom. The van der Waals surface area contributed by atoms with Crippen molar-refractivity contribution in [3.05, 3.63) is 53.3 Å². The summed E-state index contributed by atoms with van der Waals surface area (Å²) in [7, 11) is 0. The quantitative estimate of drug-likeness (QED) is 0.148. The van der Waals surface area contributed by atoms with Gasteiger partial charge < -0.3 is 9.84 Å². The second-order valence-corrected chi connectivity index (χ2v) is 7.47. The highest BCUT2D eigenvalue weighted by atomic mass is 127. The SMILES string of the molecule is CCCCCCCc1cc(O)c2c(c1)OC(=O)CC2(CC)c1ccncc1.CI. The number of hydrogen-bond acceptors (Lipinski definition) is 4. The number of rotatable bonds is 8. The number of fused-ring (bicyclic) bond motifs is 1. The Balaban J connectivity index is 0.00000145. The van der Waals surface area contributed by atoms with E-state index in [4.69, 9.17) is 4.74 Å². The molecule has 1 unspecified atom stereocenters. The normalized spacial score (nSPS) is 17.7. The highest BCUT2D eigenvalue weighted by Crippen LogP contribution is 2.50. The minimum absolute atomic E-state index is 0.224. The largest absolute Gasteiger partial charge is 0.507 e. The van der Waals surface area contributed by atoms with E-state index in [1.165, 1.54) is 25.7 Å². The molecule has 0 amide bonds. The van der Waals surface area contributed by atoms with E-state index in [0.29, 0.717) is 12.2 Å². The maximum absolute atomic E-state index is 12.4. The molecule has 0 fully saturated rings. The number of carbonyl (C=O) groups is 1. The van der Waals surface area contributed by atoms with E-state index in [0.717, 1.165) is 29.5 Å². The number of halogens is 1. The van der Waals surface area contributed by atoms with Gasteiger partial charge in [0.25, 0.3) is 0 Å². The Hall–Kier alpha value is -1.63. The summed E-state index contributed by atoms with van der Waals surface area (Å²) in [5.41, 5.74) is 2.17. The van der Waals surface area contributed by atoms with Gasteiger partial charge in [0, 0.05) is 23.4 Å². The maximum Gasteiger partial charge on any atom is 0.312 e. The smallest absolute Gasteiger partial charge is 0.312 e. The van der Waals surface area contributed by atoms with Gasteiger partial charge in [-0.2, -0.15) is 0 Å². The lowest BCUT2D eigenvalue weighted by Gasteiger charge is -2.38. The first-order valence-electron chi connectivity index (χ1n) is 10.5. The molecule has 1 aliphatic heterocycles. The lowest BCUT2D eigenvalue weighted by atomic mass is 9.68. The molecule has 3 rings (SSSR count). The second kappa shape index (κ2) is 11.5. The predicted molar refractivity (Wildman–Crippen MR) is 126 cm³/mol. The average molecular weight is 509 g/mol. The fraction of sp³-hybridized carbons (Fsp3) is 0.500. The highest BCUT2D eigenvalue weighted by molar-refractivity contribution is 14.1. The second-order valence-electron chi connectivity index (χ2n) is 7.47. The molecule has 4 nitrogen and oxygen atoms in total. The molecular weight excluding hydrogens is 477 g/mol. The third kappa shape index (κ3) is 5.50. The number of alkyl halides is 1. The highest BCUT2D eigenvalue weighted by Gasteiger charge is 2.44. The van der Waals surface area contributed by atoms with Crippen molar-refractivity contribution in [2.45, 2.75) is 70.6 Å². The number of aryl methyl sites for hydroxylation is 1. The van der Waals surface area contributed by atoms with Gasteiger partial charge in [0.2, 0.25) is 0 Å². The zero-order valence-corrected chi connectivity index (χ0v) is 19.9. The van der Waals surface area contributed by atoms with Crippen molar-refractivity contribution < 1.29 is 14.6 Å². The number of unbranched alkanes of at least 4 members (excludes halogenated alkanes) is 4. The third-order valence-corrected chi connectivity index (χ3v) is 5.70. The van der Waals surface area contributed by atoms with Crippen molar-refractivity contribution in [1.82, 2.24) is 4.98 Å². The number of aromatic hydroxyl groups is 1. The number of phenolic OH excluding ortho intramolecular Hbond substituents is 1. The Morgan fingerprint density at radius 1 is 1.10 bits per heavy atom. The molecule has 0 saturated heterocycles. The van der Waals surface area contributed by atoms with Gasteiger partial charge in [0.1, 0.15) is 11.5 Å². The number of benzene rings is 1. The Bertz CT molecular complexity index is 794. The van der Waals surface area contributed by atoms with Crippen LogP contribution in [-0.4, -0.2) is 21.0 Å². The molecule has 1 N–H and O–H groups in total. The van der Waals surface area contributed by atoms with Gasteiger partial charge in [0.15, 0.2) is 0 Å². The maximum atomic E-state index is 12.4. The Morgan fingerprint density at radius 3 is 2.45 bits per heavy atom. The number of ether oxygens (including phenoxy) is 1. The summed E-state index contributed by atoms with van der Waals surface area (Å²) >= 11 is 2.15. The van der Waals surface area contributed by atoms with Crippen LogP contribution in [0.15, 0.2) is 36.7 Å². The van der Waals surface area contributed by atoms with Gasteiger partial charge in [-0.3, -0.25) is 9.78 Å². The van der Waals surface area contributed by atoms with Crippen LogP contribution in [0.5, 0.6) is 11.5 Å². The minimum Gasteiger partial charge on any atom is -0.507 e. The van der Waals surface area contributed by atoms with Gasteiger partial charge in [-0.15, -0.1) is 0 Å². The molecule has 0 bridgehead atoms. The van der Waals surface area contributed by atoms with E-state index in [1.807, 2.05) is 36.1 Å². The molecule has 1 aromatic heterocycles. The number of carbonyl (C=O) groups excluding carboxylic acids is 1. The molecule has 0 radical (unpaired) electrons. The first-order chi connectivity index (χ1) is 14.1. The number of nitrogens with zero attached hydrogens (tertiary/aromatic N) is 1. The molecule has 0 spiro atoms. The number of pyridine rings is 1. The van der Waals surface area contributed by atoms with Gasteiger partial charge in [-0.1, -0.05) is 62.1 Å². The molecule has 1 aromatic carbocycles. The zero-order valence-electron chi connectivity index (χ0n) is 17.7. The van der Waals surface area contributed by atoms with Crippen molar-refractivity contribution >= 4 is 28.6 Å². The van der Waals surface area contributed by atoms with Crippen molar-refractivity contribution in [1.29, 1.82) is 0 Å². The van der Waals surface area contributed by atoms with E-state index < -0.39 is 5.41 Å². The number of hydrogen-bond donors (Lipinski definition) is 1. The molecule has 0 aliphatic carbocycles. The third-order valence-electron chi connectivity index (χ3n) is 5.70. The number of phenols is 1. The van der Waals surface area contributed by atoms with E-state index in [9.17, 15) is 9.90 Å². The fourth-order valence-corrected chi connectivity index (χ4v) is 4.21. The van der Waals surface area contributed by atoms with Crippen LogP contribution in [0.25, 0.3) is 0 Å². The molecule has 5 heteroatoms. The van der Waals surface area contributed by atoms with Crippen molar-refractivity contribution in [2.75, 3.05) is 4.93 Å². The molecule has 0 saturated carbocycles. The first-order valence-corrected chi connectivity index (χ1v) is 12.6. The van der Waals surface area contributed by atoms with E-state index in [1.54, 1.807) is 12.4 Å². The monoisotopic (exact) mass is 509 g/mol. The van der Waals surface area contributed by atoms with E-state index in [-0.39, 0.29) is 18.1 Å². The predicted octanol–water partition coefficient (Wildman–Crippen LogP) is 6.36. The van der Waals surface area contributed by atoms with E-state index in [2.05, 4.69) is 34.5 Å². The van der Waals surface area contributed by atoms with Gasteiger partial charge >= 0.3 is 5.97 Å². The first kappa shape index (κ1) is 23.6. The van der Waals surface area contributed by atoms with Crippen LogP contribution >= 0.6 is 22.6 Å². The molecular formula is C24H32INO3. The lowest BCUT2D eigenvalue weighted by Crippen LogP contribution is -2.36. The van der Waals surface area contributed by atoms with E-state index >= 15 is 0 Å².